The van der Waals surface area contributed by atoms with E-state index in [-0.39, 0.29) is 5.56 Å². The van der Waals surface area contributed by atoms with Crippen LogP contribution in [0.15, 0.2) is 36.4 Å². The largest absolute Gasteiger partial charge is 0.478 e. The highest BCUT2D eigenvalue weighted by atomic mass is 127. The van der Waals surface area contributed by atoms with Gasteiger partial charge in [-0.05, 0) is 65.4 Å². The Morgan fingerprint density at radius 3 is 2.58 bits per heavy atom. The molecule has 2 rings (SSSR count). The molecule has 1 heterocycles. The highest BCUT2D eigenvalue weighted by Gasteiger charge is 2.08. The first kappa shape index (κ1) is 13.8. The number of nitrogens with one attached hydrogen (secondary N) is 1. The van der Waals surface area contributed by atoms with Crippen LogP contribution >= 0.6 is 22.6 Å². The Morgan fingerprint density at radius 1 is 1.32 bits per heavy atom. The van der Waals surface area contributed by atoms with Crippen molar-refractivity contribution in [2.75, 3.05) is 5.32 Å². The Kier molecular flexibility index (Phi) is 4.36. The topological polar surface area (TPSA) is 62.2 Å². The molecule has 2 aromatic rings. The lowest BCUT2D eigenvalue weighted by atomic mass is 10.2. The third-order valence-electron chi connectivity index (χ3n) is 2.60. The molecule has 1 aromatic carbocycles. The monoisotopic (exact) mass is 368 g/mol. The van der Waals surface area contributed by atoms with Gasteiger partial charge in [0.1, 0.15) is 5.82 Å². The van der Waals surface area contributed by atoms with E-state index in [1.807, 2.05) is 31.2 Å². The van der Waals surface area contributed by atoms with Crippen molar-refractivity contribution in [3.8, 4) is 0 Å². The van der Waals surface area contributed by atoms with Crippen molar-refractivity contribution in [1.29, 1.82) is 0 Å². The Balaban J connectivity index is 2.31. The van der Waals surface area contributed by atoms with Crippen LogP contribution in [0.2, 0.25) is 0 Å². The van der Waals surface area contributed by atoms with Gasteiger partial charge in [-0.25, -0.2) is 9.78 Å². The summed E-state index contributed by atoms with van der Waals surface area (Å²) in [5.74, 6) is -0.388. The van der Waals surface area contributed by atoms with Crippen LogP contribution in [0.5, 0.6) is 0 Å². The quantitative estimate of drug-likeness (QED) is 0.809. The smallest absolute Gasteiger partial charge is 0.335 e. The summed E-state index contributed by atoms with van der Waals surface area (Å²) in [7, 11) is 0. The zero-order valence-electron chi connectivity index (χ0n) is 10.4. The molecule has 4 nitrogen and oxygen atoms in total. The van der Waals surface area contributed by atoms with E-state index in [0.29, 0.717) is 12.2 Å². The summed E-state index contributed by atoms with van der Waals surface area (Å²) in [5, 5.41) is 12.2. The molecule has 2 N–H and O–H groups in total. The molecule has 0 radical (unpaired) electrons. The van der Waals surface area contributed by atoms with E-state index in [1.54, 1.807) is 12.1 Å². The molecule has 19 heavy (non-hydrogen) atoms. The highest BCUT2D eigenvalue weighted by molar-refractivity contribution is 14.1. The van der Waals surface area contributed by atoms with Crippen molar-refractivity contribution in [3.05, 3.63) is 51.2 Å². The summed E-state index contributed by atoms with van der Waals surface area (Å²) in [6, 6.07) is 11.0. The lowest BCUT2D eigenvalue weighted by Gasteiger charge is -2.08. The van der Waals surface area contributed by atoms with Crippen LogP contribution in [0.1, 0.15) is 23.0 Å². The van der Waals surface area contributed by atoms with Gasteiger partial charge in [0.2, 0.25) is 0 Å². The number of nitrogens with zero attached hydrogens (tertiary/aromatic N) is 1. The Morgan fingerprint density at radius 2 is 2.00 bits per heavy atom. The number of aromatic nitrogens is 1. The number of benzene rings is 1. The number of halogens is 1. The maximum absolute atomic E-state index is 11.1. The van der Waals surface area contributed by atoms with E-state index in [1.165, 1.54) is 0 Å². The fraction of sp³-hybridized carbons (Fsp3) is 0.143. The van der Waals surface area contributed by atoms with Gasteiger partial charge < -0.3 is 10.4 Å². The summed E-state index contributed by atoms with van der Waals surface area (Å²) in [6.45, 7) is 1.95. The molecule has 0 amide bonds. The number of hydrogen-bond acceptors (Lipinski definition) is 3. The van der Waals surface area contributed by atoms with Gasteiger partial charge in [-0.2, -0.15) is 0 Å². The van der Waals surface area contributed by atoms with Gasteiger partial charge in [0.25, 0.3) is 0 Å². The van der Waals surface area contributed by atoms with Crippen molar-refractivity contribution < 1.29 is 9.90 Å². The molecule has 0 spiro atoms. The van der Waals surface area contributed by atoms with Crippen LogP contribution in [-0.2, 0) is 6.42 Å². The Hall–Kier alpha value is -1.63. The van der Waals surface area contributed by atoms with Crippen molar-refractivity contribution in [1.82, 2.24) is 4.98 Å². The number of aryl methyl sites for hydroxylation is 1. The first-order chi connectivity index (χ1) is 9.08. The molecule has 0 unspecified atom stereocenters. The van der Waals surface area contributed by atoms with Gasteiger partial charge in [-0.3, -0.25) is 0 Å². The Labute approximate surface area is 125 Å². The van der Waals surface area contributed by atoms with E-state index in [4.69, 9.17) is 5.11 Å². The number of hydrogen-bond donors (Lipinski definition) is 2. The molecule has 1 aromatic heterocycles. The second kappa shape index (κ2) is 6.01. The third kappa shape index (κ3) is 3.66. The average molecular weight is 368 g/mol. The number of rotatable bonds is 4. The molecule has 0 atom stereocenters. The maximum atomic E-state index is 11.1. The second-order valence-electron chi connectivity index (χ2n) is 4.02. The Bertz CT molecular complexity index is 597. The predicted octanol–water partition coefficient (Wildman–Crippen LogP) is 3.69. The number of carbonyl (C=O) groups is 1. The van der Waals surface area contributed by atoms with Crippen molar-refractivity contribution in [2.24, 2.45) is 0 Å². The zero-order valence-corrected chi connectivity index (χ0v) is 12.5. The second-order valence-corrected chi connectivity index (χ2v) is 5.27. The molecule has 5 heteroatoms. The molecule has 0 aliphatic heterocycles. The fourth-order valence-electron chi connectivity index (χ4n) is 1.64. The minimum absolute atomic E-state index is 0.250. The van der Waals surface area contributed by atoms with Crippen molar-refractivity contribution >= 4 is 40.1 Å². The first-order valence-electron chi connectivity index (χ1n) is 5.85. The lowest BCUT2D eigenvalue weighted by Crippen LogP contribution is -2.03. The van der Waals surface area contributed by atoms with E-state index >= 15 is 0 Å². The minimum Gasteiger partial charge on any atom is -0.478 e. The lowest BCUT2D eigenvalue weighted by molar-refractivity contribution is 0.0696. The van der Waals surface area contributed by atoms with Gasteiger partial charge in [0.15, 0.2) is 0 Å². The van der Waals surface area contributed by atoms with Crippen LogP contribution in [0.4, 0.5) is 11.5 Å². The van der Waals surface area contributed by atoms with Crippen molar-refractivity contribution in [3.63, 3.8) is 0 Å². The van der Waals surface area contributed by atoms with Gasteiger partial charge in [-0.15, -0.1) is 0 Å². The standard InChI is InChI=1S/C14H13IN2O2/c1-2-11-7-9(14(18)19)8-13(16-11)17-12-5-3-10(15)4-6-12/h3-8H,2H2,1H3,(H,16,17)(H,18,19). The molecule has 0 fully saturated rings. The SMILES string of the molecule is CCc1cc(C(=O)O)cc(Nc2ccc(I)cc2)n1. The summed E-state index contributed by atoms with van der Waals surface area (Å²) in [4.78, 5) is 15.4. The third-order valence-corrected chi connectivity index (χ3v) is 3.32. The normalized spacial score (nSPS) is 10.2. The van der Waals surface area contributed by atoms with Gasteiger partial charge in [0, 0.05) is 15.0 Å². The van der Waals surface area contributed by atoms with E-state index in [9.17, 15) is 4.79 Å². The number of carboxylic acids is 1. The molecule has 98 valence electrons. The van der Waals surface area contributed by atoms with E-state index < -0.39 is 5.97 Å². The molecule has 0 aliphatic rings. The molecular formula is C14H13IN2O2. The van der Waals surface area contributed by atoms with E-state index in [2.05, 4.69) is 32.9 Å². The number of carboxylic acid groups (broad SMARTS) is 1. The zero-order chi connectivity index (χ0) is 13.8. The molecule has 0 saturated carbocycles. The van der Waals surface area contributed by atoms with Crippen LogP contribution in [0.25, 0.3) is 0 Å². The van der Waals surface area contributed by atoms with Gasteiger partial charge in [0.05, 0.1) is 5.56 Å². The van der Waals surface area contributed by atoms with Crippen LogP contribution in [0, 0.1) is 3.57 Å². The molecule has 0 aliphatic carbocycles. The van der Waals surface area contributed by atoms with Crippen LogP contribution < -0.4 is 5.32 Å². The average Bonchev–Trinajstić information content (AvgIpc) is 2.41. The summed E-state index contributed by atoms with van der Waals surface area (Å²) < 4.78 is 1.14. The van der Waals surface area contributed by atoms with E-state index in [0.717, 1.165) is 15.0 Å². The summed E-state index contributed by atoms with van der Waals surface area (Å²) in [5.41, 5.74) is 1.89. The predicted molar refractivity (Wildman–Crippen MR) is 83.0 cm³/mol. The van der Waals surface area contributed by atoms with Crippen molar-refractivity contribution in [2.45, 2.75) is 13.3 Å². The number of anilines is 2. The summed E-state index contributed by atoms with van der Waals surface area (Å²) >= 11 is 2.23. The van der Waals surface area contributed by atoms with Gasteiger partial charge in [-0.1, -0.05) is 6.92 Å². The first-order valence-corrected chi connectivity index (χ1v) is 6.93. The summed E-state index contributed by atoms with van der Waals surface area (Å²) in [6.07, 6.45) is 0.697. The van der Waals surface area contributed by atoms with Crippen LogP contribution in [0.3, 0.4) is 0 Å². The minimum atomic E-state index is -0.942. The van der Waals surface area contributed by atoms with Gasteiger partial charge >= 0.3 is 5.97 Å². The molecule has 0 bridgehead atoms. The molecule has 0 saturated heterocycles. The molecular weight excluding hydrogens is 355 g/mol. The maximum Gasteiger partial charge on any atom is 0.335 e. The number of pyridine rings is 1. The number of aromatic carboxylic acids is 1. The van der Waals surface area contributed by atoms with Crippen LogP contribution in [-0.4, -0.2) is 16.1 Å². The fourth-order valence-corrected chi connectivity index (χ4v) is 2.00. The highest BCUT2D eigenvalue weighted by Crippen LogP contribution is 2.18.